The van der Waals surface area contributed by atoms with E-state index in [2.05, 4.69) is 101 Å². The molecule has 0 bridgehead atoms. The van der Waals surface area contributed by atoms with Crippen molar-refractivity contribution in [3.05, 3.63) is 162 Å². The number of hydrogen-bond donors (Lipinski definition) is 1. The van der Waals surface area contributed by atoms with E-state index in [1.165, 1.54) is 42.0 Å². The number of nitrogens with zero attached hydrogens (tertiary/aromatic N) is 4. The summed E-state index contributed by atoms with van der Waals surface area (Å²) in [6, 6.07) is 50.1. The van der Waals surface area contributed by atoms with Gasteiger partial charge in [0, 0.05) is 43.7 Å². The second-order valence-corrected chi connectivity index (χ2v) is 12.4. The van der Waals surface area contributed by atoms with E-state index in [-0.39, 0.29) is 6.17 Å². The van der Waals surface area contributed by atoms with Crippen LogP contribution in [0.5, 0.6) is 0 Å². The summed E-state index contributed by atoms with van der Waals surface area (Å²) in [4.78, 5) is 9.98. The molecule has 47 heavy (non-hydrogen) atoms. The van der Waals surface area contributed by atoms with Crippen molar-refractivity contribution in [1.29, 1.82) is 5.26 Å². The third-order valence-corrected chi connectivity index (χ3v) is 9.77. The van der Waals surface area contributed by atoms with Gasteiger partial charge >= 0.3 is 0 Å². The fraction of sp³-hybridized carbons (Fsp3) is 0.0488. The van der Waals surface area contributed by atoms with Crippen molar-refractivity contribution in [3.63, 3.8) is 0 Å². The van der Waals surface area contributed by atoms with Crippen LogP contribution in [0.15, 0.2) is 150 Å². The van der Waals surface area contributed by atoms with Crippen LogP contribution in [0.4, 0.5) is 0 Å². The number of aromatic nitrogens is 1. The molecule has 0 aliphatic heterocycles. The Hall–Kier alpha value is -5.87. The lowest BCUT2D eigenvalue weighted by atomic mass is 10.1. The summed E-state index contributed by atoms with van der Waals surface area (Å²) in [6.45, 7) is 0. The van der Waals surface area contributed by atoms with E-state index in [9.17, 15) is 5.26 Å². The Kier molecular flexibility index (Phi) is 7.39. The highest BCUT2D eigenvalue weighted by Gasteiger charge is 2.18. The Balaban J connectivity index is 1.27. The lowest BCUT2D eigenvalue weighted by Gasteiger charge is -2.14. The Morgan fingerprint density at radius 1 is 0.745 bits per heavy atom. The molecule has 0 saturated heterocycles. The van der Waals surface area contributed by atoms with Gasteiger partial charge < -0.3 is 4.57 Å². The largest absolute Gasteiger partial charge is 0.308 e. The third kappa shape index (κ3) is 5.18. The van der Waals surface area contributed by atoms with E-state index in [0.29, 0.717) is 11.4 Å². The summed E-state index contributed by atoms with van der Waals surface area (Å²) in [5, 5.41) is 17.6. The van der Waals surface area contributed by atoms with Crippen LogP contribution in [0, 0.1) is 11.3 Å². The fourth-order valence-electron chi connectivity index (χ4n) is 6.28. The van der Waals surface area contributed by atoms with Gasteiger partial charge in [0.2, 0.25) is 0 Å². The molecule has 2 heterocycles. The summed E-state index contributed by atoms with van der Waals surface area (Å²) >= 11 is 1.85. The highest BCUT2D eigenvalue weighted by atomic mass is 32.1. The predicted octanol–water partition coefficient (Wildman–Crippen LogP) is 9.81. The highest BCUT2D eigenvalue weighted by molar-refractivity contribution is 7.26. The van der Waals surface area contributed by atoms with Crippen molar-refractivity contribution < 1.29 is 0 Å². The average molecular weight is 624 g/mol. The number of nitrogens with one attached hydrogen (secondary N) is 1. The number of aliphatic imine (C=N–C) groups is 2. The van der Waals surface area contributed by atoms with Crippen LogP contribution in [0.2, 0.25) is 0 Å². The van der Waals surface area contributed by atoms with Gasteiger partial charge in [0.05, 0.1) is 27.4 Å². The van der Waals surface area contributed by atoms with Gasteiger partial charge in [0.1, 0.15) is 6.17 Å². The molecule has 0 aliphatic rings. The second kappa shape index (κ2) is 12.1. The van der Waals surface area contributed by atoms with E-state index in [1.807, 2.05) is 79.2 Å². The van der Waals surface area contributed by atoms with Crippen molar-refractivity contribution in [2.45, 2.75) is 6.17 Å². The van der Waals surface area contributed by atoms with Crippen molar-refractivity contribution in [3.8, 4) is 11.8 Å². The first-order chi connectivity index (χ1) is 23.2. The second-order valence-electron chi connectivity index (χ2n) is 11.4. The summed E-state index contributed by atoms with van der Waals surface area (Å²) < 4.78 is 4.97. The summed E-state index contributed by atoms with van der Waals surface area (Å²) in [6.07, 6.45) is 1.51. The molecule has 1 N–H and O–H groups in total. The predicted molar refractivity (Wildman–Crippen MR) is 197 cm³/mol. The molecule has 0 saturated carbocycles. The summed E-state index contributed by atoms with van der Waals surface area (Å²) in [7, 11) is 1.88. The molecule has 0 spiro atoms. The molecule has 8 aromatic rings. The number of fused-ring (bicyclic) bond motifs is 7. The van der Waals surface area contributed by atoms with Gasteiger partial charge in [-0.25, -0.2) is 9.98 Å². The quantitative estimate of drug-likeness (QED) is 0.148. The third-order valence-electron chi connectivity index (χ3n) is 8.58. The molecule has 6 heteroatoms. The zero-order valence-corrected chi connectivity index (χ0v) is 26.4. The molecule has 8 rings (SSSR count). The standard InChI is InChI=1S/C41H29N5S/c1-43-40(29-17-15-27(25-42)16-18-29)45-41(44-26-28-9-3-2-4-10-28)30-19-21-31(22-20-30)46-36-13-7-5-11-32(36)34-23-24-35-33-12-6-8-14-37(33)47-39(35)38(34)46/h2-24,26,40,43H,1H3/b44-26+,45-41-. The monoisotopic (exact) mass is 623 g/mol. The number of thiophene rings is 1. The first-order valence-electron chi connectivity index (χ1n) is 15.5. The van der Waals surface area contributed by atoms with E-state index in [4.69, 9.17) is 9.98 Å². The molecule has 0 fully saturated rings. The molecular weight excluding hydrogens is 595 g/mol. The number of rotatable bonds is 6. The minimum atomic E-state index is -0.344. The normalized spacial score (nSPS) is 12.8. The van der Waals surface area contributed by atoms with Crippen molar-refractivity contribution in [2.24, 2.45) is 9.98 Å². The van der Waals surface area contributed by atoms with Crippen molar-refractivity contribution in [1.82, 2.24) is 9.88 Å². The van der Waals surface area contributed by atoms with Crippen LogP contribution < -0.4 is 5.32 Å². The number of hydrogen-bond acceptors (Lipinski definition) is 4. The molecule has 0 aliphatic carbocycles. The maximum Gasteiger partial charge on any atom is 0.156 e. The van der Waals surface area contributed by atoms with Gasteiger partial charge in [-0.05, 0) is 66.7 Å². The Labute approximate surface area is 276 Å². The lowest BCUT2D eigenvalue weighted by Crippen LogP contribution is -2.16. The highest BCUT2D eigenvalue weighted by Crippen LogP contribution is 2.42. The lowest BCUT2D eigenvalue weighted by molar-refractivity contribution is 0.625. The number of para-hydroxylation sites is 1. The minimum absolute atomic E-state index is 0.344. The van der Waals surface area contributed by atoms with Crippen molar-refractivity contribution in [2.75, 3.05) is 7.05 Å². The van der Waals surface area contributed by atoms with Gasteiger partial charge in [-0.2, -0.15) is 5.26 Å². The van der Waals surface area contributed by atoms with Gasteiger partial charge in [-0.3, -0.25) is 5.32 Å². The molecule has 5 nitrogen and oxygen atoms in total. The maximum atomic E-state index is 9.28. The van der Waals surface area contributed by atoms with E-state index < -0.39 is 0 Å². The zero-order chi connectivity index (χ0) is 31.7. The first-order valence-corrected chi connectivity index (χ1v) is 16.3. The van der Waals surface area contributed by atoms with E-state index >= 15 is 0 Å². The van der Waals surface area contributed by atoms with Gasteiger partial charge in [0.25, 0.3) is 0 Å². The molecule has 1 atom stereocenters. The van der Waals surface area contributed by atoms with Gasteiger partial charge in [-0.15, -0.1) is 11.3 Å². The Morgan fingerprint density at radius 2 is 1.45 bits per heavy atom. The molecule has 1 unspecified atom stereocenters. The average Bonchev–Trinajstić information content (AvgIpc) is 3.68. The van der Waals surface area contributed by atoms with Gasteiger partial charge in [0.15, 0.2) is 5.84 Å². The molecule has 0 amide bonds. The topological polar surface area (TPSA) is 65.5 Å². The molecular formula is C41H29N5S. The van der Waals surface area contributed by atoms with Gasteiger partial charge in [-0.1, -0.05) is 91.0 Å². The van der Waals surface area contributed by atoms with Crippen LogP contribution >= 0.6 is 11.3 Å². The number of benzene rings is 6. The zero-order valence-electron chi connectivity index (χ0n) is 25.6. The summed E-state index contributed by atoms with van der Waals surface area (Å²) in [5.41, 5.74) is 6.94. The van der Waals surface area contributed by atoms with Crippen LogP contribution in [-0.4, -0.2) is 23.7 Å². The fourth-order valence-corrected chi connectivity index (χ4v) is 7.52. The smallest absolute Gasteiger partial charge is 0.156 e. The molecule has 224 valence electrons. The SMILES string of the molecule is CNC(/N=C(\N=C\c1ccccc1)c1ccc(-n2c3ccccc3c3ccc4c5ccccc5sc4c32)cc1)c1ccc(C#N)cc1. The molecule has 2 aromatic heterocycles. The molecule has 0 radical (unpaired) electrons. The maximum absolute atomic E-state index is 9.28. The van der Waals surface area contributed by atoms with E-state index in [1.54, 1.807) is 0 Å². The van der Waals surface area contributed by atoms with E-state index in [0.717, 1.165) is 22.4 Å². The Bertz CT molecular complexity index is 2500. The minimum Gasteiger partial charge on any atom is -0.308 e. The van der Waals surface area contributed by atoms with Crippen molar-refractivity contribution >= 4 is 65.4 Å². The number of nitriles is 1. The van der Waals surface area contributed by atoms with Crippen LogP contribution in [0.3, 0.4) is 0 Å². The van der Waals surface area contributed by atoms with Crippen LogP contribution in [0.1, 0.15) is 28.4 Å². The first kappa shape index (κ1) is 28.6. The molecule has 6 aromatic carbocycles. The number of amidine groups is 1. The summed E-state index contributed by atoms with van der Waals surface area (Å²) in [5.74, 6) is 0.609. The van der Waals surface area contributed by atoms with Crippen LogP contribution in [-0.2, 0) is 0 Å². The Morgan fingerprint density at radius 3 is 2.21 bits per heavy atom. The van der Waals surface area contributed by atoms with Crippen LogP contribution in [0.25, 0.3) is 47.7 Å².